The zero-order chi connectivity index (χ0) is 16.6. The number of pyridine rings is 1. The summed E-state index contributed by atoms with van der Waals surface area (Å²) in [5.74, 6) is 0.749. The van der Waals surface area contributed by atoms with Crippen molar-refractivity contribution in [2.75, 3.05) is 0 Å². The van der Waals surface area contributed by atoms with E-state index in [-0.39, 0.29) is 11.7 Å². The molecule has 118 valence electrons. The van der Waals surface area contributed by atoms with Gasteiger partial charge in [-0.3, -0.25) is 4.40 Å². The molecule has 7 heteroatoms. The lowest BCUT2D eigenvalue weighted by Gasteiger charge is -2.03. The molecule has 3 rings (SSSR count). The zero-order valence-corrected chi connectivity index (χ0v) is 14.0. The maximum Gasteiger partial charge on any atom is 0.183 e. The molecule has 0 bridgehead atoms. The maximum absolute atomic E-state index is 9.97. The van der Waals surface area contributed by atoms with Gasteiger partial charge in [-0.25, -0.2) is 4.98 Å². The van der Waals surface area contributed by atoms with Gasteiger partial charge in [-0.05, 0) is 30.2 Å². The summed E-state index contributed by atoms with van der Waals surface area (Å²) in [5.41, 5.74) is 1.58. The van der Waals surface area contributed by atoms with Gasteiger partial charge >= 0.3 is 0 Å². The molecule has 1 aromatic carbocycles. The fourth-order valence-electron chi connectivity index (χ4n) is 2.23. The van der Waals surface area contributed by atoms with Gasteiger partial charge in [0.15, 0.2) is 17.2 Å². The molecule has 0 amide bonds. The number of aromatic hydroxyl groups is 1. The van der Waals surface area contributed by atoms with E-state index in [1.807, 2.05) is 13.8 Å². The summed E-state index contributed by atoms with van der Waals surface area (Å²) in [5, 5.41) is 19.3. The molecule has 0 unspecified atom stereocenters. The molecule has 23 heavy (non-hydrogen) atoms. The summed E-state index contributed by atoms with van der Waals surface area (Å²) in [6.45, 7) is 4.00. The predicted octanol–water partition coefficient (Wildman–Crippen LogP) is 5.89. The molecule has 5 nitrogen and oxygen atoms in total. The first-order valence-corrected chi connectivity index (χ1v) is 7.80. The number of fused-ring (bicyclic) bond motifs is 1. The van der Waals surface area contributed by atoms with Crippen molar-refractivity contribution in [3.8, 4) is 5.75 Å². The van der Waals surface area contributed by atoms with Crippen molar-refractivity contribution >= 4 is 40.4 Å². The Balaban J connectivity index is 2.18. The Kier molecular flexibility index (Phi) is 4.24. The molecule has 0 aliphatic carbocycles. The molecule has 0 atom stereocenters. The van der Waals surface area contributed by atoms with Crippen molar-refractivity contribution in [1.29, 1.82) is 0 Å². The Labute approximate surface area is 143 Å². The Morgan fingerprint density at radius 2 is 1.78 bits per heavy atom. The van der Waals surface area contributed by atoms with Crippen LogP contribution in [0.1, 0.15) is 25.5 Å². The third-order valence-corrected chi connectivity index (χ3v) is 3.97. The second-order valence-corrected chi connectivity index (χ2v) is 6.15. The van der Waals surface area contributed by atoms with Gasteiger partial charge in [0, 0.05) is 6.20 Å². The van der Waals surface area contributed by atoms with E-state index in [0.717, 1.165) is 5.69 Å². The van der Waals surface area contributed by atoms with Crippen LogP contribution in [0.3, 0.4) is 0 Å². The first kappa shape index (κ1) is 15.8. The molecule has 0 spiro atoms. The Hall–Kier alpha value is -2.11. The summed E-state index contributed by atoms with van der Waals surface area (Å²) >= 11 is 12.2. The second kappa shape index (κ2) is 6.18. The van der Waals surface area contributed by atoms with Crippen molar-refractivity contribution < 1.29 is 5.11 Å². The highest BCUT2D eigenvalue weighted by Crippen LogP contribution is 2.36. The highest BCUT2D eigenvalue weighted by atomic mass is 35.5. The SMILES string of the molecule is CC(C)c1nc2c(O)cccn2c1N=Nc1c(Cl)cccc1Cl. The lowest BCUT2D eigenvalue weighted by atomic mass is 10.1. The Morgan fingerprint density at radius 3 is 2.43 bits per heavy atom. The molecular formula is C16H14Cl2N4O. The van der Waals surface area contributed by atoms with Gasteiger partial charge in [0.1, 0.15) is 5.69 Å². The molecule has 2 heterocycles. The van der Waals surface area contributed by atoms with Gasteiger partial charge in [0.05, 0.1) is 15.7 Å². The number of hydrogen-bond acceptors (Lipinski definition) is 4. The van der Waals surface area contributed by atoms with Crippen LogP contribution in [0.15, 0.2) is 46.8 Å². The van der Waals surface area contributed by atoms with Crippen LogP contribution < -0.4 is 0 Å². The van der Waals surface area contributed by atoms with Gasteiger partial charge in [0.25, 0.3) is 0 Å². The number of rotatable bonds is 3. The molecule has 0 fully saturated rings. The minimum atomic E-state index is 0.0895. The van der Waals surface area contributed by atoms with Gasteiger partial charge in [-0.1, -0.05) is 43.1 Å². The smallest absolute Gasteiger partial charge is 0.183 e. The van der Waals surface area contributed by atoms with E-state index in [2.05, 4.69) is 15.2 Å². The summed E-state index contributed by atoms with van der Waals surface area (Å²) in [7, 11) is 0. The van der Waals surface area contributed by atoms with Crippen LogP contribution in [0.4, 0.5) is 11.5 Å². The van der Waals surface area contributed by atoms with Crippen molar-refractivity contribution in [3.63, 3.8) is 0 Å². The van der Waals surface area contributed by atoms with E-state index in [0.29, 0.717) is 27.2 Å². The average molecular weight is 349 g/mol. The fraction of sp³-hybridized carbons (Fsp3) is 0.188. The highest BCUT2D eigenvalue weighted by molar-refractivity contribution is 6.38. The second-order valence-electron chi connectivity index (χ2n) is 5.33. The highest BCUT2D eigenvalue weighted by Gasteiger charge is 2.17. The topological polar surface area (TPSA) is 62.2 Å². The summed E-state index contributed by atoms with van der Waals surface area (Å²) in [4.78, 5) is 4.46. The van der Waals surface area contributed by atoms with Gasteiger partial charge in [-0.15, -0.1) is 10.2 Å². The lowest BCUT2D eigenvalue weighted by Crippen LogP contribution is -1.87. The van der Waals surface area contributed by atoms with Crippen molar-refractivity contribution in [2.24, 2.45) is 10.2 Å². The van der Waals surface area contributed by atoms with Crippen LogP contribution in [0.25, 0.3) is 5.65 Å². The number of azo groups is 1. The van der Waals surface area contributed by atoms with Crippen LogP contribution in [0.5, 0.6) is 5.75 Å². The molecule has 2 aromatic heterocycles. The summed E-state index contributed by atoms with van der Waals surface area (Å²) in [6, 6.07) is 8.44. The first-order valence-electron chi connectivity index (χ1n) is 7.04. The van der Waals surface area contributed by atoms with E-state index in [1.54, 1.807) is 40.9 Å². The lowest BCUT2D eigenvalue weighted by molar-refractivity contribution is 0.477. The summed E-state index contributed by atoms with van der Waals surface area (Å²) < 4.78 is 1.69. The summed E-state index contributed by atoms with van der Waals surface area (Å²) in [6.07, 6.45) is 1.77. The van der Waals surface area contributed by atoms with E-state index in [4.69, 9.17) is 23.2 Å². The number of nitrogens with zero attached hydrogens (tertiary/aromatic N) is 4. The molecular weight excluding hydrogens is 335 g/mol. The molecule has 0 aliphatic rings. The molecule has 1 N–H and O–H groups in total. The van der Waals surface area contributed by atoms with Crippen LogP contribution >= 0.6 is 23.2 Å². The van der Waals surface area contributed by atoms with Crippen LogP contribution in [-0.2, 0) is 0 Å². The number of hydrogen-bond donors (Lipinski definition) is 1. The molecule has 0 saturated heterocycles. The largest absolute Gasteiger partial charge is 0.504 e. The molecule has 3 aromatic rings. The van der Waals surface area contributed by atoms with E-state index in [9.17, 15) is 5.11 Å². The van der Waals surface area contributed by atoms with Gasteiger partial charge in [-0.2, -0.15) is 0 Å². The molecule has 0 aliphatic heterocycles. The number of halogens is 2. The van der Waals surface area contributed by atoms with E-state index >= 15 is 0 Å². The maximum atomic E-state index is 9.97. The van der Waals surface area contributed by atoms with Crippen molar-refractivity contribution in [3.05, 3.63) is 52.3 Å². The first-order chi connectivity index (χ1) is 11.0. The van der Waals surface area contributed by atoms with E-state index in [1.165, 1.54) is 0 Å². The fourth-order valence-corrected chi connectivity index (χ4v) is 2.70. The van der Waals surface area contributed by atoms with Gasteiger partial charge in [0.2, 0.25) is 0 Å². The number of imidazole rings is 1. The Morgan fingerprint density at radius 1 is 1.09 bits per heavy atom. The number of aromatic nitrogens is 2. The van der Waals surface area contributed by atoms with Crippen molar-refractivity contribution in [1.82, 2.24) is 9.38 Å². The third kappa shape index (κ3) is 2.90. The number of benzene rings is 1. The van der Waals surface area contributed by atoms with Gasteiger partial charge < -0.3 is 5.11 Å². The van der Waals surface area contributed by atoms with Crippen LogP contribution in [0, 0.1) is 0 Å². The van der Waals surface area contributed by atoms with Crippen molar-refractivity contribution in [2.45, 2.75) is 19.8 Å². The molecule has 0 radical (unpaired) electrons. The quantitative estimate of drug-likeness (QED) is 0.600. The monoisotopic (exact) mass is 348 g/mol. The minimum absolute atomic E-state index is 0.0895. The standard InChI is InChI=1S/C16H14Cl2N4O/c1-9(2)13-16(22-8-4-7-12(23)15(22)19-13)21-20-14-10(17)5-3-6-11(14)18/h3-9,23H,1-2H3. The Bertz CT molecular complexity index is 882. The minimum Gasteiger partial charge on any atom is -0.504 e. The average Bonchev–Trinajstić information content (AvgIpc) is 2.87. The zero-order valence-electron chi connectivity index (χ0n) is 12.5. The van der Waals surface area contributed by atoms with Crippen LogP contribution in [0.2, 0.25) is 10.0 Å². The van der Waals surface area contributed by atoms with E-state index < -0.39 is 0 Å². The molecule has 0 saturated carbocycles. The predicted molar refractivity (Wildman–Crippen MR) is 91.6 cm³/mol. The third-order valence-electron chi connectivity index (χ3n) is 3.36. The van der Waals surface area contributed by atoms with Crippen LogP contribution in [-0.4, -0.2) is 14.5 Å². The normalized spacial score (nSPS) is 11.9.